The average molecular weight is 487 g/mol. The van der Waals surface area contributed by atoms with Gasteiger partial charge in [0.2, 0.25) is 0 Å². The van der Waals surface area contributed by atoms with Crippen molar-refractivity contribution in [3.63, 3.8) is 0 Å². The quantitative estimate of drug-likeness (QED) is 0.214. The number of anilines is 1. The lowest BCUT2D eigenvalue weighted by Crippen LogP contribution is -2.28. The van der Waals surface area contributed by atoms with Crippen LogP contribution < -0.4 is 14.8 Å². The summed E-state index contributed by atoms with van der Waals surface area (Å²) in [7, 11) is 1.66. The van der Waals surface area contributed by atoms with Crippen LogP contribution in [0.1, 0.15) is 40.6 Å². The third kappa shape index (κ3) is 4.88. The molecule has 4 aromatic carbocycles. The number of methoxy groups -OCH3 is 1. The maximum atomic E-state index is 5.97. The molecule has 0 radical (unpaired) electrons. The van der Waals surface area contributed by atoms with Gasteiger partial charge in [0.05, 0.1) is 18.8 Å². The summed E-state index contributed by atoms with van der Waals surface area (Å²) in [5.74, 6) is 2.43. The van der Waals surface area contributed by atoms with Crippen molar-refractivity contribution in [3.8, 4) is 11.5 Å². The summed E-state index contributed by atoms with van der Waals surface area (Å²) in [4.78, 5) is 4.71. The van der Waals surface area contributed by atoms with Crippen LogP contribution in [0.5, 0.6) is 11.5 Å². The Bertz CT molecular complexity index is 1430. The minimum Gasteiger partial charge on any atom is -0.493 e. The van der Waals surface area contributed by atoms with Crippen LogP contribution in [0.15, 0.2) is 114 Å². The number of ether oxygens (including phenoxy) is 2. The Balaban J connectivity index is 1.15. The number of para-hydroxylation sites is 1. The van der Waals surface area contributed by atoms with Crippen LogP contribution in [0.3, 0.4) is 0 Å². The molecule has 0 fully saturated rings. The van der Waals surface area contributed by atoms with E-state index >= 15 is 0 Å². The fraction of sp³-hybridized carbons (Fsp3) is 0.182. The van der Waals surface area contributed by atoms with Crippen molar-refractivity contribution in [1.82, 2.24) is 0 Å². The molecule has 6 rings (SSSR count). The lowest BCUT2D eigenvalue weighted by Gasteiger charge is -2.37. The smallest absolute Gasteiger partial charge is 0.161 e. The molecule has 4 heteroatoms. The summed E-state index contributed by atoms with van der Waals surface area (Å²) in [5.41, 5.74) is 6.95. The van der Waals surface area contributed by atoms with E-state index in [-0.39, 0.29) is 0 Å². The van der Waals surface area contributed by atoms with Crippen LogP contribution in [0.2, 0.25) is 0 Å². The second kappa shape index (κ2) is 10.4. The molecule has 4 aromatic rings. The van der Waals surface area contributed by atoms with E-state index in [4.69, 9.17) is 14.5 Å². The van der Waals surface area contributed by atoms with Gasteiger partial charge in [-0.15, -0.1) is 0 Å². The summed E-state index contributed by atoms with van der Waals surface area (Å²) in [6.45, 7) is 0.496. The van der Waals surface area contributed by atoms with Crippen molar-refractivity contribution in [2.24, 2.45) is 10.9 Å². The number of rotatable bonds is 7. The van der Waals surface area contributed by atoms with E-state index in [9.17, 15) is 0 Å². The molecule has 0 bridgehead atoms. The van der Waals surface area contributed by atoms with Crippen molar-refractivity contribution < 1.29 is 9.47 Å². The number of hydrogen-bond acceptors (Lipinski definition) is 4. The number of nitrogens with one attached hydrogen (secondary N) is 1. The zero-order valence-electron chi connectivity index (χ0n) is 20.9. The molecule has 1 heterocycles. The van der Waals surface area contributed by atoms with Gasteiger partial charge in [0, 0.05) is 17.8 Å². The van der Waals surface area contributed by atoms with Crippen molar-refractivity contribution in [2.75, 3.05) is 12.4 Å². The minimum absolute atomic E-state index is 0.292. The Kier molecular flexibility index (Phi) is 6.47. The van der Waals surface area contributed by atoms with E-state index in [0.717, 1.165) is 23.2 Å². The first-order valence-electron chi connectivity index (χ1n) is 12.8. The molecule has 0 saturated carbocycles. The molecule has 0 amide bonds. The van der Waals surface area contributed by atoms with Crippen LogP contribution in [0, 0.1) is 5.92 Å². The van der Waals surface area contributed by atoms with E-state index in [1.165, 1.54) is 16.8 Å². The molecule has 0 spiro atoms. The third-order valence-corrected chi connectivity index (χ3v) is 7.31. The van der Waals surface area contributed by atoms with Crippen LogP contribution in [-0.2, 0) is 6.61 Å². The Morgan fingerprint density at radius 3 is 2.54 bits per heavy atom. The Morgan fingerprint density at radius 1 is 0.892 bits per heavy atom. The van der Waals surface area contributed by atoms with Crippen LogP contribution in [0.25, 0.3) is 0 Å². The van der Waals surface area contributed by atoms with E-state index < -0.39 is 0 Å². The van der Waals surface area contributed by atoms with Gasteiger partial charge in [0.25, 0.3) is 0 Å². The molecule has 0 saturated heterocycles. The first kappa shape index (κ1) is 23.1. The lowest BCUT2D eigenvalue weighted by molar-refractivity contribution is 0.284. The molecule has 1 aliphatic carbocycles. The highest BCUT2D eigenvalue weighted by atomic mass is 16.5. The number of fused-ring (bicyclic) bond motifs is 3. The summed E-state index contributed by atoms with van der Waals surface area (Å²) < 4.78 is 11.5. The van der Waals surface area contributed by atoms with Gasteiger partial charge in [-0.05, 0) is 71.0 Å². The van der Waals surface area contributed by atoms with E-state index in [2.05, 4.69) is 66.0 Å². The largest absolute Gasteiger partial charge is 0.493 e. The first-order valence-corrected chi connectivity index (χ1v) is 12.8. The van der Waals surface area contributed by atoms with Crippen molar-refractivity contribution in [3.05, 3.63) is 131 Å². The van der Waals surface area contributed by atoms with Crippen molar-refractivity contribution in [2.45, 2.75) is 25.0 Å². The monoisotopic (exact) mass is 486 g/mol. The van der Waals surface area contributed by atoms with Gasteiger partial charge >= 0.3 is 0 Å². The summed E-state index contributed by atoms with van der Waals surface area (Å²) in [5, 5.41) is 3.80. The highest BCUT2D eigenvalue weighted by Crippen LogP contribution is 2.49. The number of allylic oxidation sites excluding steroid dienone is 2. The van der Waals surface area contributed by atoms with Crippen LogP contribution in [-0.4, -0.2) is 13.3 Å². The fourth-order valence-electron chi connectivity index (χ4n) is 5.41. The molecule has 1 N–H and O–H groups in total. The van der Waals surface area contributed by atoms with Crippen molar-refractivity contribution >= 4 is 17.6 Å². The molecule has 0 unspecified atom stereocenters. The summed E-state index contributed by atoms with van der Waals surface area (Å²) in [6.07, 6.45) is 7.67. The van der Waals surface area contributed by atoms with Gasteiger partial charge in [-0.2, -0.15) is 0 Å². The number of benzene rings is 4. The lowest BCUT2D eigenvalue weighted by atomic mass is 9.77. The van der Waals surface area contributed by atoms with E-state index in [1.807, 2.05) is 54.7 Å². The number of aliphatic imine (C=N–C) groups is 1. The van der Waals surface area contributed by atoms with Gasteiger partial charge < -0.3 is 14.8 Å². The van der Waals surface area contributed by atoms with E-state index in [0.29, 0.717) is 36.0 Å². The zero-order valence-corrected chi connectivity index (χ0v) is 20.9. The van der Waals surface area contributed by atoms with Gasteiger partial charge in [0.1, 0.15) is 6.61 Å². The molecule has 184 valence electrons. The molecule has 4 nitrogen and oxygen atoms in total. The molecule has 2 aliphatic rings. The van der Waals surface area contributed by atoms with E-state index in [1.54, 1.807) is 7.11 Å². The molecule has 37 heavy (non-hydrogen) atoms. The predicted octanol–water partition coefficient (Wildman–Crippen LogP) is 7.85. The Labute approximate surface area is 218 Å². The average Bonchev–Trinajstić information content (AvgIpc) is 3.46. The second-order valence-electron chi connectivity index (χ2n) is 9.60. The number of nitrogens with zero attached hydrogens (tertiary/aromatic N) is 1. The number of hydrogen-bond donors (Lipinski definition) is 1. The second-order valence-corrected chi connectivity index (χ2v) is 9.60. The van der Waals surface area contributed by atoms with Crippen LogP contribution >= 0.6 is 0 Å². The highest BCUT2D eigenvalue weighted by molar-refractivity contribution is 5.83. The third-order valence-electron chi connectivity index (χ3n) is 7.31. The predicted molar refractivity (Wildman–Crippen MR) is 150 cm³/mol. The maximum Gasteiger partial charge on any atom is 0.161 e. The Morgan fingerprint density at radius 2 is 1.70 bits per heavy atom. The SMILES string of the molecule is COc1cc(C=Nc2ccc([C@@H]3Nc4ccccc4[C@@H]4C=CC[C@H]43)cc2)ccc1OCc1ccccc1. The maximum absolute atomic E-state index is 5.97. The van der Waals surface area contributed by atoms with Gasteiger partial charge in [-0.1, -0.05) is 72.8 Å². The molecule has 0 aromatic heterocycles. The molecular formula is C33H30N2O2. The van der Waals surface area contributed by atoms with Crippen molar-refractivity contribution in [1.29, 1.82) is 0 Å². The minimum atomic E-state index is 0.292. The van der Waals surface area contributed by atoms with Crippen LogP contribution in [0.4, 0.5) is 11.4 Å². The highest BCUT2D eigenvalue weighted by Gasteiger charge is 2.37. The topological polar surface area (TPSA) is 42.8 Å². The normalized spacial score (nSPS) is 19.8. The standard InChI is InChI=1S/C33H30N2O2/c1-36-32-20-24(14-19-31(32)37-22-23-8-3-2-4-9-23)21-34-26-17-15-25(16-18-26)33-29-12-7-11-27(29)28-10-5-6-13-30(28)35-33/h2-11,13-21,27,29,33,35H,12,22H2,1H3/t27-,29+,33-/m0/s1. The summed E-state index contributed by atoms with van der Waals surface area (Å²) in [6, 6.07) is 33.6. The molecular weight excluding hydrogens is 456 g/mol. The molecule has 3 atom stereocenters. The first-order chi connectivity index (χ1) is 18.3. The molecule has 1 aliphatic heterocycles. The Hall–Kier alpha value is -4.31. The fourth-order valence-corrected chi connectivity index (χ4v) is 5.41. The summed E-state index contributed by atoms with van der Waals surface area (Å²) >= 11 is 0. The van der Waals surface area contributed by atoms with Gasteiger partial charge in [-0.3, -0.25) is 4.99 Å². The zero-order chi connectivity index (χ0) is 25.0. The van der Waals surface area contributed by atoms with Gasteiger partial charge in [-0.25, -0.2) is 0 Å². The van der Waals surface area contributed by atoms with Gasteiger partial charge in [0.15, 0.2) is 11.5 Å².